The van der Waals surface area contributed by atoms with E-state index in [1.54, 1.807) is 18.3 Å². The average Bonchev–Trinajstić information content (AvgIpc) is 2.93. The summed E-state index contributed by atoms with van der Waals surface area (Å²) in [6.45, 7) is 1.81. The van der Waals surface area contributed by atoms with Gasteiger partial charge in [-0.05, 0) is 61.3 Å². The highest BCUT2D eigenvalue weighted by Crippen LogP contribution is 2.30. The van der Waals surface area contributed by atoms with Gasteiger partial charge in [0.1, 0.15) is 0 Å². The molecule has 4 heterocycles. The first kappa shape index (κ1) is 20.5. The van der Waals surface area contributed by atoms with E-state index in [1.165, 1.54) is 21.9 Å². The summed E-state index contributed by atoms with van der Waals surface area (Å²) in [7, 11) is 2.04. The van der Waals surface area contributed by atoms with E-state index in [0.29, 0.717) is 5.69 Å². The largest absolute Gasteiger partial charge is 0.417 e. The lowest BCUT2D eigenvalue weighted by Crippen LogP contribution is -2.19. The van der Waals surface area contributed by atoms with Crippen molar-refractivity contribution in [2.24, 2.45) is 7.05 Å². The third-order valence-electron chi connectivity index (χ3n) is 6.08. The zero-order valence-electron chi connectivity index (χ0n) is 17.4. The summed E-state index contributed by atoms with van der Waals surface area (Å²) in [5, 5.41) is 4.62. The lowest BCUT2D eigenvalue weighted by atomic mass is 10.1. The third kappa shape index (κ3) is 3.40. The summed E-state index contributed by atoms with van der Waals surface area (Å²) in [6, 6.07) is 11.4. The van der Waals surface area contributed by atoms with Crippen LogP contribution in [0.25, 0.3) is 27.8 Å². The minimum absolute atomic E-state index is 0.204. The number of aryl methyl sites for hydroxylation is 1. The molecule has 0 amide bonds. The molecule has 1 aromatic carbocycles. The number of pyridine rings is 2. The van der Waals surface area contributed by atoms with Gasteiger partial charge in [0, 0.05) is 37.1 Å². The van der Waals surface area contributed by atoms with E-state index < -0.39 is 11.7 Å². The number of nitrogens with zero attached hydrogens (tertiary/aromatic N) is 3. The zero-order valence-corrected chi connectivity index (χ0v) is 17.4. The standard InChI is InChI=1S/C24H21F3N4O/c1-30-21-5-2-10-28-14-19(21)17-8-7-16(12-22(17)30)31-11-3-4-18(23(31)32)20-9-6-15(13-29-20)24(25,26)27/h3-4,6-9,11-13,28H,2,5,10,14H2,1H3. The summed E-state index contributed by atoms with van der Waals surface area (Å²) in [5.74, 6) is 0. The summed E-state index contributed by atoms with van der Waals surface area (Å²) in [6.07, 6.45) is 0.0138. The number of benzene rings is 1. The molecule has 0 atom stereocenters. The molecule has 164 valence electrons. The molecule has 0 fully saturated rings. The molecule has 0 aliphatic carbocycles. The van der Waals surface area contributed by atoms with Gasteiger partial charge in [-0.25, -0.2) is 0 Å². The van der Waals surface area contributed by atoms with Crippen molar-refractivity contribution in [1.82, 2.24) is 19.4 Å². The van der Waals surface area contributed by atoms with Gasteiger partial charge in [0.25, 0.3) is 5.56 Å². The Balaban J connectivity index is 1.59. The second-order valence-corrected chi connectivity index (χ2v) is 7.99. The third-order valence-corrected chi connectivity index (χ3v) is 6.08. The molecule has 5 rings (SSSR count). The van der Waals surface area contributed by atoms with Crippen LogP contribution < -0.4 is 10.9 Å². The molecular formula is C24H21F3N4O. The van der Waals surface area contributed by atoms with Gasteiger partial charge in [-0.3, -0.25) is 14.3 Å². The highest BCUT2D eigenvalue weighted by molar-refractivity contribution is 5.87. The normalized spacial score (nSPS) is 14.4. The second kappa shape index (κ2) is 7.63. The summed E-state index contributed by atoms with van der Waals surface area (Å²) < 4.78 is 42.2. The molecule has 0 unspecified atom stereocenters. The molecule has 0 radical (unpaired) electrons. The Morgan fingerprint density at radius 2 is 1.97 bits per heavy atom. The number of nitrogens with one attached hydrogen (secondary N) is 1. The lowest BCUT2D eigenvalue weighted by molar-refractivity contribution is -0.137. The monoisotopic (exact) mass is 438 g/mol. The number of aromatic nitrogens is 3. The Morgan fingerprint density at radius 1 is 1.12 bits per heavy atom. The number of rotatable bonds is 2. The Hall–Kier alpha value is -3.39. The summed E-state index contributed by atoms with van der Waals surface area (Å²) in [5.41, 5.74) is 3.60. The van der Waals surface area contributed by atoms with E-state index in [-0.39, 0.29) is 16.8 Å². The van der Waals surface area contributed by atoms with Crippen molar-refractivity contribution in [3.8, 4) is 16.9 Å². The van der Waals surface area contributed by atoms with Crippen molar-refractivity contribution in [3.63, 3.8) is 0 Å². The fourth-order valence-corrected chi connectivity index (χ4v) is 4.43. The predicted octanol–water partition coefficient (Wildman–Crippen LogP) is 4.45. The highest BCUT2D eigenvalue weighted by atomic mass is 19.4. The zero-order chi connectivity index (χ0) is 22.5. The van der Waals surface area contributed by atoms with Crippen molar-refractivity contribution in [2.45, 2.75) is 25.6 Å². The highest BCUT2D eigenvalue weighted by Gasteiger charge is 2.30. The first-order valence-electron chi connectivity index (χ1n) is 10.4. The first-order chi connectivity index (χ1) is 15.3. The minimum Gasteiger partial charge on any atom is -0.347 e. The van der Waals surface area contributed by atoms with Gasteiger partial charge in [-0.1, -0.05) is 6.07 Å². The molecule has 1 aliphatic heterocycles. The van der Waals surface area contributed by atoms with Crippen molar-refractivity contribution in [1.29, 1.82) is 0 Å². The van der Waals surface area contributed by atoms with Crippen LogP contribution in [0.3, 0.4) is 0 Å². The van der Waals surface area contributed by atoms with E-state index >= 15 is 0 Å². The lowest BCUT2D eigenvalue weighted by Gasteiger charge is -2.10. The molecule has 3 aromatic heterocycles. The van der Waals surface area contributed by atoms with E-state index in [1.807, 2.05) is 25.2 Å². The van der Waals surface area contributed by atoms with Crippen LogP contribution in [-0.4, -0.2) is 20.7 Å². The van der Waals surface area contributed by atoms with Gasteiger partial charge in [-0.15, -0.1) is 0 Å². The molecule has 5 nitrogen and oxygen atoms in total. The van der Waals surface area contributed by atoms with Crippen LogP contribution in [0.15, 0.2) is 59.7 Å². The molecule has 0 spiro atoms. The van der Waals surface area contributed by atoms with Crippen LogP contribution in [0.4, 0.5) is 13.2 Å². The van der Waals surface area contributed by atoms with Gasteiger partial charge >= 0.3 is 6.18 Å². The fourth-order valence-electron chi connectivity index (χ4n) is 4.43. The number of fused-ring (bicyclic) bond motifs is 3. The van der Waals surface area contributed by atoms with Crippen LogP contribution in [0.1, 0.15) is 23.2 Å². The Kier molecular flexibility index (Phi) is 4.89. The molecule has 1 aliphatic rings. The maximum atomic E-state index is 13.2. The number of alkyl halides is 3. The van der Waals surface area contributed by atoms with E-state index in [0.717, 1.165) is 49.1 Å². The smallest absolute Gasteiger partial charge is 0.347 e. The maximum absolute atomic E-state index is 13.2. The van der Waals surface area contributed by atoms with Crippen molar-refractivity contribution in [3.05, 3.63) is 82.0 Å². The van der Waals surface area contributed by atoms with Gasteiger partial charge in [-0.2, -0.15) is 13.2 Å². The maximum Gasteiger partial charge on any atom is 0.417 e. The van der Waals surface area contributed by atoms with Gasteiger partial charge < -0.3 is 9.88 Å². The van der Waals surface area contributed by atoms with Gasteiger partial charge in [0.15, 0.2) is 0 Å². The molecule has 0 saturated heterocycles. The van der Waals surface area contributed by atoms with Crippen LogP contribution >= 0.6 is 0 Å². The molecular weight excluding hydrogens is 417 g/mol. The van der Waals surface area contributed by atoms with Crippen LogP contribution in [0, 0.1) is 0 Å². The Morgan fingerprint density at radius 3 is 2.72 bits per heavy atom. The molecule has 8 heteroatoms. The van der Waals surface area contributed by atoms with E-state index in [9.17, 15) is 18.0 Å². The summed E-state index contributed by atoms with van der Waals surface area (Å²) >= 11 is 0. The van der Waals surface area contributed by atoms with Crippen LogP contribution in [0.5, 0.6) is 0 Å². The Bertz CT molecular complexity index is 1370. The van der Waals surface area contributed by atoms with Crippen molar-refractivity contribution in [2.75, 3.05) is 6.54 Å². The van der Waals surface area contributed by atoms with Crippen LogP contribution in [0.2, 0.25) is 0 Å². The molecule has 0 bridgehead atoms. The SMILES string of the molecule is Cn1c2c(c3ccc(-n4cccc(-c5ccc(C(F)(F)F)cn5)c4=O)cc31)CNCCC2. The Labute approximate surface area is 182 Å². The summed E-state index contributed by atoms with van der Waals surface area (Å²) in [4.78, 5) is 17.1. The van der Waals surface area contributed by atoms with Gasteiger partial charge in [0.05, 0.1) is 28.0 Å². The molecule has 4 aromatic rings. The topological polar surface area (TPSA) is 51.9 Å². The quantitative estimate of drug-likeness (QED) is 0.503. The second-order valence-electron chi connectivity index (χ2n) is 7.99. The molecule has 32 heavy (non-hydrogen) atoms. The number of hydrogen-bond acceptors (Lipinski definition) is 3. The first-order valence-corrected chi connectivity index (χ1v) is 10.4. The van der Waals surface area contributed by atoms with Crippen molar-refractivity contribution >= 4 is 10.9 Å². The molecule has 0 saturated carbocycles. The van der Waals surface area contributed by atoms with Gasteiger partial charge in [0.2, 0.25) is 0 Å². The predicted molar refractivity (Wildman–Crippen MR) is 117 cm³/mol. The van der Waals surface area contributed by atoms with Crippen LogP contribution in [-0.2, 0) is 26.2 Å². The number of halogens is 3. The minimum atomic E-state index is -4.47. The van der Waals surface area contributed by atoms with E-state index in [4.69, 9.17) is 0 Å². The van der Waals surface area contributed by atoms with Crippen molar-refractivity contribution < 1.29 is 13.2 Å². The average molecular weight is 438 g/mol. The van der Waals surface area contributed by atoms with E-state index in [2.05, 4.69) is 14.9 Å². The molecule has 1 N–H and O–H groups in total. The fraction of sp³-hybridized carbons (Fsp3) is 0.250. The number of hydrogen-bond donors (Lipinski definition) is 1.